The molecule has 4 heteroatoms. The Hall–Kier alpha value is -1.06. The Kier molecular flexibility index (Phi) is 3.64. The molecule has 1 saturated carbocycles. The molecule has 0 radical (unpaired) electrons. The Bertz CT molecular complexity index is 345. The molecule has 1 saturated heterocycles. The molecule has 0 bridgehead atoms. The van der Waals surface area contributed by atoms with Gasteiger partial charge in [-0.1, -0.05) is 0 Å². The Balaban J connectivity index is 1.93. The summed E-state index contributed by atoms with van der Waals surface area (Å²) >= 11 is 0. The first-order valence-corrected chi connectivity index (χ1v) is 6.85. The van der Waals surface area contributed by atoms with Gasteiger partial charge >= 0.3 is 6.09 Å². The Morgan fingerprint density at radius 2 is 2.00 bits per heavy atom. The fourth-order valence-corrected chi connectivity index (χ4v) is 2.93. The van der Waals surface area contributed by atoms with Crippen LogP contribution in [0.1, 0.15) is 46.5 Å². The van der Waals surface area contributed by atoms with Gasteiger partial charge in [0.05, 0.1) is 0 Å². The van der Waals surface area contributed by atoms with Crippen molar-refractivity contribution in [2.75, 3.05) is 13.1 Å². The normalized spacial score (nSPS) is 28.8. The summed E-state index contributed by atoms with van der Waals surface area (Å²) < 4.78 is 5.39. The van der Waals surface area contributed by atoms with Crippen LogP contribution >= 0.6 is 0 Å². The van der Waals surface area contributed by atoms with Crippen molar-refractivity contribution in [3.8, 4) is 0 Å². The summed E-state index contributed by atoms with van der Waals surface area (Å²) in [4.78, 5) is 25.2. The van der Waals surface area contributed by atoms with Gasteiger partial charge in [-0.3, -0.25) is 4.79 Å². The van der Waals surface area contributed by atoms with Crippen LogP contribution in [0.2, 0.25) is 0 Å². The zero-order chi connectivity index (χ0) is 13.3. The maximum Gasteiger partial charge on any atom is 0.410 e. The van der Waals surface area contributed by atoms with Crippen LogP contribution in [0.15, 0.2) is 0 Å². The SMILES string of the molecule is CC(C)(C)OC(=O)N1CCC2CCC(=O)CC2C1. The number of carbonyl (C=O) groups is 2. The zero-order valence-electron chi connectivity index (χ0n) is 11.6. The standard InChI is InChI=1S/C14H23NO3/c1-14(2,3)18-13(17)15-7-6-10-4-5-12(16)8-11(10)9-15/h10-11H,4-9H2,1-3H3. The third-order valence-electron chi connectivity index (χ3n) is 3.83. The van der Waals surface area contributed by atoms with Crippen LogP contribution in [-0.2, 0) is 9.53 Å². The zero-order valence-corrected chi connectivity index (χ0v) is 11.6. The van der Waals surface area contributed by atoms with Crippen LogP contribution in [0.4, 0.5) is 4.79 Å². The number of hydrogen-bond acceptors (Lipinski definition) is 3. The summed E-state index contributed by atoms with van der Waals surface area (Å²) in [5.74, 6) is 1.33. The Labute approximate surface area is 109 Å². The molecule has 2 aliphatic rings. The van der Waals surface area contributed by atoms with Crippen LogP contribution in [0.5, 0.6) is 0 Å². The van der Waals surface area contributed by atoms with E-state index >= 15 is 0 Å². The van der Waals surface area contributed by atoms with Crippen LogP contribution in [0.25, 0.3) is 0 Å². The number of likely N-dealkylation sites (tertiary alicyclic amines) is 1. The second-order valence-corrected chi connectivity index (χ2v) is 6.52. The number of rotatable bonds is 0. The quantitative estimate of drug-likeness (QED) is 0.666. The summed E-state index contributed by atoms with van der Waals surface area (Å²) in [5, 5.41) is 0. The van der Waals surface area contributed by atoms with E-state index in [0.29, 0.717) is 30.6 Å². The van der Waals surface area contributed by atoms with Gasteiger partial charge in [0, 0.05) is 25.9 Å². The summed E-state index contributed by atoms with van der Waals surface area (Å²) in [6.07, 6.45) is 3.15. The molecular weight excluding hydrogens is 230 g/mol. The molecule has 1 amide bonds. The fraction of sp³-hybridized carbons (Fsp3) is 0.857. The summed E-state index contributed by atoms with van der Waals surface area (Å²) in [6.45, 7) is 7.08. The second kappa shape index (κ2) is 4.90. The van der Waals surface area contributed by atoms with E-state index in [1.807, 2.05) is 20.8 Å². The van der Waals surface area contributed by atoms with Crippen molar-refractivity contribution < 1.29 is 14.3 Å². The number of carbonyl (C=O) groups excluding carboxylic acids is 2. The number of hydrogen-bond donors (Lipinski definition) is 0. The lowest BCUT2D eigenvalue weighted by Crippen LogP contribution is -2.47. The molecule has 2 unspecified atom stereocenters. The molecule has 0 aromatic carbocycles. The van der Waals surface area contributed by atoms with Crippen molar-refractivity contribution in [1.29, 1.82) is 0 Å². The summed E-state index contributed by atoms with van der Waals surface area (Å²) in [5.41, 5.74) is -0.448. The predicted octanol–water partition coefficient (Wildman–Crippen LogP) is 2.61. The Morgan fingerprint density at radius 3 is 2.67 bits per heavy atom. The van der Waals surface area contributed by atoms with Gasteiger partial charge in [0.15, 0.2) is 0 Å². The third-order valence-corrected chi connectivity index (χ3v) is 3.83. The molecule has 0 aromatic rings. The van der Waals surface area contributed by atoms with Gasteiger partial charge in [0.1, 0.15) is 11.4 Å². The van der Waals surface area contributed by atoms with Gasteiger partial charge in [-0.15, -0.1) is 0 Å². The first-order valence-electron chi connectivity index (χ1n) is 6.85. The number of Topliss-reactive ketones (excluding diaryl/α,β-unsaturated/α-hetero) is 1. The molecule has 2 fully saturated rings. The van der Waals surface area contributed by atoms with Crippen molar-refractivity contribution >= 4 is 11.9 Å². The minimum Gasteiger partial charge on any atom is -0.444 e. The maximum atomic E-state index is 12.0. The number of amides is 1. The van der Waals surface area contributed by atoms with Crippen molar-refractivity contribution in [3.63, 3.8) is 0 Å². The van der Waals surface area contributed by atoms with E-state index in [-0.39, 0.29) is 6.09 Å². The monoisotopic (exact) mass is 253 g/mol. The van der Waals surface area contributed by atoms with Gasteiger partial charge in [-0.05, 0) is 45.4 Å². The number of ketones is 1. The summed E-state index contributed by atoms with van der Waals surface area (Å²) in [7, 11) is 0. The average molecular weight is 253 g/mol. The average Bonchev–Trinajstić information content (AvgIpc) is 2.25. The molecule has 2 atom stereocenters. The van der Waals surface area contributed by atoms with Crippen LogP contribution in [-0.4, -0.2) is 35.5 Å². The highest BCUT2D eigenvalue weighted by Crippen LogP contribution is 2.35. The van der Waals surface area contributed by atoms with E-state index in [1.54, 1.807) is 4.90 Å². The van der Waals surface area contributed by atoms with Gasteiger partial charge < -0.3 is 9.64 Å². The third kappa shape index (κ3) is 3.24. The van der Waals surface area contributed by atoms with Crippen LogP contribution in [0.3, 0.4) is 0 Å². The van der Waals surface area contributed by atoms with Gasteiger partial charge in [0.2, 0.25) is 0 Å². The molecule has 0 aromatic heterocycles. The van der Waals surface area contributed by atoms with Crippen molar-refractivity contribution in [2.45, 2.75) is 52.1 Å². The van der Waals surface area contributed by atoms with Crippen molar-refractivity contribution in [1.82, 2.24) is 4.90 Å². The number of nitrogens with zero attached hydrogens (tertiary/aromatic N) is 1. The lowest BCUT2D eigenvalue weighted by atomic mass is 9.75. The molecule has 2 rings (SSSR count). The summed E-state index contributed by atoms with van der Waals surface area (Å²) in [6, 6.07) is 0. The molecule has 0 spiro atoms. The molecule has 1 aliphatic heterocycles. The topological polar surface area (TPSA) is 46.6 Å². The maximum absolute atomic E-state index is 12.0. The first-order chi connectivity index (χ1) is 8.35. The van der Waals surface area contributed by atoms with E-state index in [4.69, 9.17) is 4.74 Å². The number of ether oxygens (including phenoxy) is 1. The first kappa shape index (κ1) is 13.4. The predicted molar refractivity (Wildman–Crippen MR) is 68.3 cm³/mol. The fourth-order valence-electron chi connectivity index (χ4n) is 2.93. The van der Waals surface area contributed by atoms with Crippen LogP contribution < -0.4 is 0 Å². The molecule has 0 N–H and O–H groups in total. The highest BCUT2D eigenvalue weighted by molar-refractivity contribution is 5.79. The van der Waals surface area contributed by atoms with E-state index in [1.165, 1.54) is 0 Å². The molecular formula is C14H23NO3. The van der Waals surface area contributed by atoms with Crippen molar-refractivity contribution in [2.24, 2.45) is 11.8 Å². The van der Waals surface area contributed by atoms with Gasteiger partial charge in [-0.2, -0.15) is 0 Å². The molecule has 18 heavy (non-hydrogen) atoms. The van der Waals surface area contributed by atoms with Gasteiger partial charge in [0.25, 0.3) is 0 Å². The van der Waals surface area contributed by atoms with Crippen LogP contribution in [0, 0.1) is 11.8 Å². The molecule has 1 aliphatic carbocycles. The Morgan fingerprint density at radius 1 is 1.28 bits per heavy atom. The minimum atomic E-state index is -0.448. The van der Waals surface area contributed by atoms with E-state index in [0.717, 1.165) is 25.8 Å². The smallest absolute Gasteiger partial charge is 0.410 e. The highest BCUT2D eigenvalue weighted by Gasteiger charge is 2.36. The minimum absolute atomic E-state index is 0.237. The van der Waals surface area contributed by atoms with E-state index in [2.05, 4.69) is 0 Å². The molecule has 102 valence electrons. The van der Waals surface area contributed by atoms with Gasteiger partial charge in [-0.25, -0.2) is 4.79 Å². The van der Waals surface area contributed by atoms with E-state index < -0.39 is 5.60 Å². The highest BCUT2D eigenvalue weighted by atomic mass is 16.6. The second-order valence-electron chi connectivity index (χ2n) is 6.52. The van der Waals surface area contributed by atoms with E-state index in [9.17, 15) is 9.59 Å². The molecule has 4 nitrogen and oxygen atoms in total. The lowest BCUT2D eigenvalue weighted by molar-refractivity contribution is -0.123. The van der Waals surface area contributed by atoms with Crippen molar-refractivity contribution in [3.05, 3.63) is 0 Å². The number of piperidine rings is 1. The number of fused-ring (bicyclic) bond motifs is 1. The lowest BCUT2D eigenvalue weighted by Gasteiger charge is -2.40. The molecule has 1 heterocycles. The largest absolute Gasteiger partial charge is 0.444 e.